The Morgan fingerprint density at radius 2 is 1.04 bits per heavy atom. The molecule has 0 aliphatic rings. The number of rotatable bonds is 40. The van der Waals surface area contributed by atoms with E-state index in [1.807, 2.05) is 6.08 Å². The van der Waals surface area contributed by atoms with Crippen molar-refractivity contribution in [2.45, 2.75) is 206 Å². The highest BCUT2D eigenvalue weighted by molar-refractivity contribution is 7.47. The third kappa shape index (κ3) is 38.5. The SMILES string of the molecule is CCC/C=C/CC/C=C/CC/C=C/C(O)C(COP(=O)(O)OCCN)NC(=O)CCCCCCCCCCCCC/C=C\CCCCCCCCCC. The predicted molar refractivity (Wildman–Crippen MR) is 226 cm³/mol. The number of carbonyl (C=O) groups is 1. The third-order valence-electron chi connectivity index (χ3n) is 9.34. The summed E-state index contributed by atoms with van der Waals surface area (Å²) in [6.07, 6.45) is 48.9. The monoisotopic (exact) mass is 767 g/mol. The van der Waals surface area contributed by atoms with E-state index in [0.717, 1.165) is 51.4 Å². The van der Waals surface area contributed by atoms with Gasteiger partial charge in [0.15, 0.2) is 0 Å². The van der Waals surface area contributed by atoms with Gasteiger partial charge in [-0.3, -0.25) is 13.8 Å². The lowest BCUT2D eigenvalue weighted by molar-refractivity contribution is -0.123. The lowest BCUT2D eigenvalue weighted by Gasteiger charge is -2.23. The van der Waals surface area contributed by atoms with Gasteiger partial charge in [0.1, 0.15) is 0 Å². The minimum absolute atomic E-state index is 0.0706. The number of aliphatic hydroxyl groups excluding tert-OH is 1. The van der Waals surface area contributed by atoms with E-state index in [2.05, 4.69) is 55.6 Å². The van der Waals surface area contributed by atoms with Crippen molar-refractivity contribution in [3.8, 4) is 0 Å². The molecule has 310 valence electrons. The smallest absolute Gasteiger partial charge is 0.387 e. The first kappa shape index (κ1) is 51.5. The van der Waals surface area contributed by atoms with Crippen molar-refractivity contribution in [1.82, 2.24) is 5.32 Å². The summed E-state index contributed by atoms with van der Waals surface area (Å²) in [5.41, 5.74) is 5.36. The molecule has 0 aliphatic carbocycles. The number of allylic oxidation sites excluding steroid dienone is 7. The van der Waals surface area contributed by atoms with Crippen LogP contribution in [0.25, 0.3) is 0 Å². The maximum absolute atomic E-state index is 12.7. The second-order valence-electron chi connectivity index (χ2n) is 14.5. The van der Waals surface area contributed by atoms with E-state index in [9.17, 15) is 19.4 Å². The van der Waals surface area contributed by atoms with Crippen molar-refractivity contribution in [1.29, 1.82) is 0 Å². The molecule has 1 amide bonds. The maximum atomic E-state index is 12.7. The van der Waals surface area contributed by atoms with Crippen LogP contribution in [0.4, 0.5) is 0 Å². The largest absolute Gasteiger partial charge is 0.472 e. The maximum Gasteiger partial charge on any atom is 0.472 e. The Labute approximate surface area is 326 Å². The van der Waals surface area contributed by atoms with Gasteiger partial charge in [-0.15, -0.1) is 0 Å². The summed E-state index contributed by atoms with van der Waals surface area (Å²) in [6, 6.07) is -0.882. The Bertz CT molecular complexity index is 970. The van der Waals surface area contributed by atoms with Crippen LogP contribution in [0.3, 0.4) is 0 Å². The first-order valence-electron chi connectivity index (χ1n) is 21.8. The topological polar surface area (TPSA) is 131 Å². The van der Waals surface area contributed by atoms with Gasteiger partial charge in [-0.25, -0.2) is 4.57 Å². The van der Waals surface area contributed by atoms with Gasteiger partial charge in [0.25, 0.3) is 0 Å². The number of phosphoric acid groups is 1. The summed E-state index contributed by atoms with van der Waals surface area (Å²) in [7, 11) is -4.35. The van der Waals surface area contributed by atoms with Crippen LogP contribution in [-0.4, -0.2) is 47.8 Å². The fourth-order valence-corrected chi connectivity index (χ4v) is 6.81. The van der Waals surface area contributed by atoms with Crippen LogP contribution in [0.2, 0.25) is 0 Å². The average Bonchev–Trinajstić information content (AvgIpc) is 3.14. The minimum atomic E-state index is -4.35. The van der Waals surface area contributed by atoms with Crippen LogP contribution in [0, 0.1) is 0 Å². The summed E-state index contributed by atoms with van der Waals surface area (Å²) < 4.78 is 22.0. The number of nitrogens with one attached hydrogen (secondary N) is 1. The highest BCUT2D eigenvalue weighted by atomic mass is 31.2. The first-order chi connectivity index (χ1) is 25.9. The van der Waals surface area contributed by atoms with Crippen LogP contribution in [0.5, 0.6) is 0 Å². The molecule has 0 fully saturated rings. The van der Waals surface area contributed by atoms with Crippen molar-refractivity contribution in [2.24, 2.45) is 5.73 Å². The van der Waals surface area contributed by atoms with Gasteiger partial charge < -0.3 is 21.1 Å². The van der Waals surface area contributed by atoms with E-state index in [0.29, 0.717) is 6.42 Å². The molecule has 3 atom stereocenters. The Morgan fingerprint density at radius 1 is 0.604 bits per heavy atom. The number of aliphatic hydroxyl groups is 1. The third-order valence-corrected chi connectivity index (χ3v) is 10.3. The first-order valence-corrected chi connectivity index (χ1v) is 23.3. The fraction of sp³-hybridized carbons (Fsp3) is 0.795. The quantitative estimate of drug-likeness (QED) is 0.0277. The molecular formula is C44H83N2O6P. The second-order valence-corrected chi connectivity index (χ2v) is 16.0. The molecule has 0 radical (unpaired) electrons. The van der Waals surface area contributed by atoms with Crippen LogP contribution in [-0.2, 0) is 18.4 Å². The Balaban J connectivity index is 4.11. The van der Waals surface area contributed by atoms with Gasteiger partial charge in [0.2, 0.25) is 5.91 Å². The zero-order valence-electron chi connectivity index (χ0n) is 34.2. The van der Waals surface area contributed by atoms with E-state index in [4.69, 9.17) is 14.8 Å². The van der Waals surface area contributed by atoms with Crippen LogP contribution in [0.15, 0.2) is 48.6 Å². The Kier molecular flexibility index (Phi) is 39.0. The highest BCUT2D eigenvalue weighted by Crippen LogP contribution is 2.43. The van der Waals surface area contributed by atoms with Crippen LogP contribution < -0.4 is 11.1 Å². The molecule has 0 heterocycles. The number of unbranched alkanes of at least 4 members (excludes halogenated alkanes) is 22. The second kappa shape index (κ2) is 40.1. The van der Waals surface area contributed by atoms with Crippen LogP contribution in [0.1, 0.15) is 194 Å². The number of hydrogen-bond donors (Lipinski definition) is 4. The molecule has 0 saturated carbocycles. The summed E-state index contributed by atoms with van der Waals surface area (Å²) in [4.78, 5) is 22.6. The molecule has 0 rings (SSSR count). The Hall–Kier alpha value is -1.54. The number of carbonyl (C=O) groups excluding carboxylic acids is 1. The fourth-order valence-electron chi connectivity index (χ4n) is 6.05. The Morgan fingerprint density at radius 3 is 1.53 bits per heavy atom. The molecule has 5 N–H and O–H groups in total. The summed E-state index contributed by atoms with van der Waals surface area (Å²) in [5, 5.41) is 13.6. The van der Waals surface area contributed by atoms with E-state index in [1.54, 1.807) is 6.08 Å². The molecule has 3 unspecified atom stereocenters. The molecule has 9 heteroatoms. The van der Waals surface area contributed by atoms with Gasteiger partial charge in [0.05, 0.1) is 25.4 Å². The molecule has 0 saturated heterocycles. The average molecular weight is 767 g/mol. The minimum Gasteiger partial charge on any atom is -0.387 e. The number of amides is 1. The van der Waals surface area contributed by atoms with E-state index >= 15 is 0 Å². The molecular weight excluding hydrogens is 683 g/mol. The van der Waals surface area contributed by atoms with E-state index in [1.165, 1.54) is 122 Å². The van der Waals surface area contributed by atoms with Crippen molar-refractivity contribution in [3.05, 3.63) is 48.6 Å². The molecule has 0 aromatic carbocycles. The lowest BCUT2D eigenvalue weighted by Crippen LogP contribution is -2.45. The van der Waals surface area contributed by atoms with Gasteiger partial charge in [-0.1, -0.05) is 172 Å². The molecule has 53 heavy (non-hydrogen) atoms. The summed E-state index contributed by atoms with van der Waals surface area (Å²) in [5.74, 6) is -0.211. The van der Waals surface area contributed by atoms with Crippen molar-refractivity contribution >= 4 is 13.7 Å². The standard InChI is InChI=1S/C44H83N2O6P/c1-3-5-7-9-11-13-15-16-17-18-19-20-21-22-23-24-25-26-28-30-32-34-36-38-44(48)46-42(41-52-53(49,50)51-40-39-45)43(47)37-35-33-31-29-27-14-12-10-8-6-4-2/h8,10,18-19,27,29,35,37,42-43,47H,3-7,9,11-17,20-26,28,30-34,36,38-41,45H2,1-2H3,(H,46,48)(H,49,50)/b10-8+,19-18-,29-27+,37-35+. The van der Waals surface area contributed by atoms with E-state index in [-0.39, 0.29) is 25.7 Å². The van der Waals surface area contributed by atoms with Crippen LogP contribution >= 0.6 is 7.82 Å². The summed E-state index contributed by atoms with van der Waals surface area (Å²) in [6.45, 7) is 4.02. The molecule has 8 nitrogen and oxygen atoms in total. The van der Waals surface area contributed by atoms with Crippen molar-refractivity contribution in [2.75, 3.05) is 19.8 Å². The summed E-state index contributed by atoms with van der Waals surface area (Å²) >= 11 is 0. The number of hydrogen-bond acceptors (Lipinski definition) is 6. The van der Waals surface area contributed by atoms with Gasteiger partial charge in [0, 0.05) is 13.0 Å². The zero-order chi connectivity index (χ0) is 38.9. The van der Waals surface area contributed by atoms with E-state index < -0.39 is 20.0 Å². The highest BCUT2D eigenvalue weighted by Gasteiger charge is 2.26. The predicted octanol–water partition coefficient (Wildman–Crippen LogP) is 12.1. The van der Waals surface area contributed by atoms with Crippen molar-refractivity contribution < 1.29 is 28.4 Å². The molecule has 0 aromatic heterocycles. The normalized spacial score (nSPS) is 14.6. The molecule has 0 aliphatic heterocycles. The lowest BCUT2D eigenvalue weighted by atomic mass is 10.0. The molecule has 0 aromatic rings. The van der Waals surface area contributed by atoms with Gasteiger partial charge in [-0.05, 0) is 64.2 Å². The zero-order valence-corrected chi connectivity index (χ0v) is 35.1. The molecule has 0 bridgehead atoms. The van der Waals surface area contributed by atoms with Crippen molar-refractivity contribution in [3.63, 3.8) is 0 Å². The number of phosphoric ester groups is 1. The van der Waals surface area contributed by atoms with Gasteiger partial charge >= 0.3 is 7.82 Å². The van der Waals surface area contributed by atoms with Gasteiger partial charge in [-0.2, -0.15) is 0 Å². The number of nitrogens with two attached hydrogens (primary N) is 1. The molecule has 0 spiro atoms.